The molecule has 1 aliphatic carbocycles. The number of benzene rings is 1. The van der Waals surface area contributed by atoms with Crippen molar-refractivity contribution in [3.05, 3.63) is 43.5 Å². The predicted octanol–water partition coefficient (Wildman–Crippen LogP) is 3.12. The first-order valence-electron chi connectivity index (χ1n) is 7.55. The van der Waals surface area contributed by atoms with Crippen LogP contribution in [-0.2, 0) is 0 Å². The molecule has 0 saturated heterocycles. The lowest BCUT2D eigenvalue weighted by Gasteiger charge is -2.29. The molecular formula is C15H19N3O5. The number of rotatable bonds is 4. The third-order valence-corrected chi connectivity index (χ3v) is 4.45. The SMILES string of the molecule is Cc1c(C(=O)NC2CCCCC2C)cc([N+](=O)[O-])cc1[N+](=O)[O-]. The van der Waals surface area contributed by atoms with Gasteiger partial charge in [0.1, 0.15) is 0 Å². The van der Waals surface area contributed by atoms with Gasteiger partial charge >= 0.3 is 0 Å². The standard InChI is InChI=1S/C15H19N3O5/c1-9-5-3-4-6-13(9)16-15(19)12-7-11(17(20)21)8-14(10(12)2)18(22)23/h7-9,13H,3-6H2,1-2H3,(H,16,19). The molecule has 1 saturated carbocycles. The zero-order chi connectivity index (χ0) is 17.1. The number of non-ortho nitro benzene ring substituents is 1. The zero-order valence-corrected chi connectivity index (χ0v) is 13.1. The Kier molecular flexibility index (Phi) is 4.92. The van der Waals surface area contributed by atoms with Crippen LogP contribution >= 0.6 is 0 Å². The molecule has 1 N–H and O–H groups in total. The van der Waals surface area contributed by atoms with Gasteiger partial charge in [0.05, 0.1) is 21.5 Å². The van der Waals surface area contributed by atoms with Crippen LogP contribution in [0.3, 0.4) is 0 Å². The highest BCUT2D eigenvalue weighted by atomic mass is 16.6. The van der Waals surface area contributed by atoms with Crippen molar-refractivity contribution < 1.29 is 14.6 Å². The van der Waals surface area contributed by atoms with E-state index in [4.69, 9.17) is 0 Å². The molecule has 0 bridgehead atoms. The van der Waals surface area contributed by atoms with Crippen molar-refractivity contribution in [2.45, 2.75) is 45.6 Å². The average molecular weight is 321 g/mol. The van der Waals surface area contributed by atoms with Crippen molar-refractivity contribution in [1.29, 1.82) is 0 Å². The summed E-state index contributed by atoms with van der Waals surface area (Å²) in [5.74, 6) is -0.172. The third kappa shape index (κ3) is 3.64. The number of hydrogen-bond acceptors (Lipinski definition) is 5. The van der Waals surface area contributed by atoms with Crippen LogP contribution in [0, 0.1) is 33.1 Å². The van der Waals surface area contributed by atoms with Crippen molar-refractivity contribution in [3.8, 4) is 0 Å². The molecule has 2 unspecified atom stereocenters. The molecule has 0 aliphatic heterocycles. The zero-order valence-electron chi connectivity index (χ0n) is 13.1. The number of nitro groups is 2. The van der Waals surface area contributed by atoms with E-state index in [0.717, 1.165) is 37.8 Å². The van der Waals surface area contributed by atoms with Crippen LogP contribution in [0.4, 0.5) is 11.4 Å². The van der Waals surface area contributed by atoms with E-state index in [1.807, 2.05) is 6.92 Å². The Bertz CT molecular complexity index is 659. The van der Waals surface area contributed by atoms with Gasteiger partial charge in [-0.2, -0.15) is 0 Å². The van der Waals surface area contributed by atoms with Gasteiger partial charge in [0.2, 0.25) is 0 Å². The summed E-state index contributed by atoms with van der Waals surface area (Å²) in [6.45, 7) is 3.48. The molecule has 8 nitrogen and oxygen atoms in total. The molecule has 2 atom stereocenters. The topological polar surface area (TPSA) is 115 Å². The molecule has 0 spiro atoms. The van der Waals surface area contributed by atoms with Crippen molar-refractivity contribution in [3.63, 3.8) is 0 Å². The molecule has 8 heteroatoms. The van der Waals surface area contributed by atoms with Crippen LogP contribution in [0.15, 0.2) is 12.1 Å². The minimum Gasteiger partial charge on any atom is -0.349 e. The van der Waals surface area contributed by atoms with Gasteiger partial charge in [-0.15, -0.1) is 0 Å². The number of carbonyl (C=O) groups is 1. The Morgan fingerprint density at radius 2 is 1.83 bits per heavy atom. The normalized spacial score (nSPS) is 20.8. The molecule has 0 radical (unpaired) electrons. The Labute approximate surface area is 133 Å². The predicted molar refractivity (Wildman–Crippen MR) is 83.4 cm³/mol. The van der Waals surface area contributed by atoms with Gasteiger partial charge in [0, 0.05) is 17.7 Å². The Morgan fingerprint density at radius 3 is 2.39 bits per heavy atom. The second-order valence-electron chi connectivity index (χ2n) is 5.99. The minimum atomic E-state index is -0.730. The second kappa shape index (κ2) is 6.72. The maximum Gasteiger partial charge on any atom is 0.279 e. The summed E-state index contributed by atoms with van der Waals surface area (Å²) in [5.41, 5.74) is -0.740. The third-order valence-electron chi connectivity index (χ3n) is 4.45. The van der Waals surface area contributed by atoms with Crippen LogP contribution in [0.5, 0.6) is 0 Å². The minimum absolute atomic E-state index is 0.00558. The number of carbonyl (C=O) groups excluding carboxylic acids is 1. The van der Waals surface area contributed by atoms with Crippen LogP contribution in [-0.4, -0.2) is 21.8 Å². The highest BCUT2D eigenvalue weighted by molar-refractivity contribution is 5.97. The highest BCUT2D eigenvalue weighted by Gasteiger charge is 2.28. The fourth-order valence-electron chi connectivity index (χ4n) is 2.99. The van der Waals surface area contributed by atoms with Crippen LogP contribution in [0.2, 0.25) is 0 Å². The van der Waals surface area contributed by atoms with E-state index in [2.05, 4.69) is 5.32 Å². The highest BCUT2D eigenvalue weighted by Crippen LogP contribution is 2.29. The van der Waals surface area contributed by atoms with Crippen LogP contribution in [0.1, 0.15) is 48.5 Å². The number of hydrogen-bond donors (Lipinski definition) is 1. The fourth-order valence-corrected chi connectivity index (χ4v) is 2.99. The van der Waals surface area contributed by atoms with Gasteiger partial charge in [0.15, 0.2) is 0 Å². The lowest BCUT2D eigenvalue weighted by Crippen LogP contribution is -2.41. The molecule has 2 rings (SSSR count). The lowest BCUT2D eigenvalue weighted by molar-refractivity contribution is -0.394. The molecule has 1 aromatic carbocycles. The Hall–Kier alpha value is -2.51. The van der Waals surface area contributed by atoms with Crippen molar-refractivity contribution >= 4 is 17.3 Å². The first kappa shape index (κ1) is 16.9. The van der Waals surface area contributed by atoms with E-state index in [1.165, 1.54) is 6.92 Å². The first-order valence-corrected chi connectivity index (χ1v) is 7.55. The molecule has 124 valence electrons. The summed E-state index contributed by atoms with van der Waals surface area (Å²) >= 11 is 0. The Morgan fingerprint density at radius 1 is 1.17 bits per heavy atom. The molecule has 1 aromatic rings. The van der Waals surface area contributed by atoms with E-state index >= 15 is 0 Å². The monoisotopic (exact) mass is 321 g/mol. The van der Waals surface area contributed by atoms with Gasteiger partial charge < -0.3 is 5.32 Å². The van der Waals surface area contributed by atoms with E-state index in [1.54, 1.807) is 0 Å². The fraction of sp³-hybridized carbons (Fsp3) is 0.533. The summed E-state index contributed by atoms with van der Waals surface area (Å²) < 4.78 is 0. The summed E-state index contributed by atoms with van der Waals surface area (Å²) in [6, 6.07) is 1.98. The van der Waals surface area contributed by atoms with Gasteiger partial charge in [-0.3, -0.25) is 25.0 Å². The molecular weight excluding hydrogens is 302 g/mol. The van der Waals surface area contributed by atoms with Gasteiger partial charge in [-0.05, 0) is 25.7 Å². The maximum atomic E-state index is 12.5. The van der Waals surface area contributed by atoms with Crippen molar-refractivity contribution in [2.24, 2.45) is 5.92 Å². The van der Waals surface area contributed by atoms with E-state index in [0.29, 0.717) is 5.92 Å². The first-order chi connectivity index (χ1) is 10.8. The lowest BCUT2D eigenvalue weighted by atomic mass is 9.85. The Balaban J connectivity index is 2.35. The van der Waals surface area contributed by atoms with Crippen molar-refractivity contribution in [2.75, 3.05) is 0 Å². The molecule has 0 heterocycles. The van der Waals surface area contributed by atoms with Gasteiger partial charge in [-0.25, -0.2) is 0 Å². The van der Waals surface area contributed by atoms with E-state index < -0.39 is 27.1 Å². The molecule has 23 heavy (non-hydrogen) atoms. The van der Waals surface area contributed by atoms with E-state index in [9.17, 15) is 25.0 Å². The number of nitrogens with zero attached hydrogens (tertiary/aromatic N) is 2. The number of nitro benzene ring substituents is 2. The summed E-state index contributed by atoms with van der Waals surface area (Å²) in [5, 5.41) is 24.9. The van der Waals surface area contributed by atoms with Gasteiger partial charge in [0.25, 0.3) is 17.3 Å². The largest absolute Gasteiger partial charge is 0.349 e. The van der Waals surface area contributed by atoms with Crippen LogP contribution in [0.25, 0.3) is 0 Å². The molecule has 1 fully saturated rings. The number of nitrogens with one attached hydrogen (secondary N) is 1. The molecule has 0 aromatic heterocycles. The molecule has 1 amide bonds. The van der Waals surface area contributed by atoms with E-state index in [-0.39, 0.29) is 17.2 Å². The number of amides is 1. The average Bonchev–Trinajstić information content (AvgIpc) is 2.49. The van der Waals surface area contributed by atoms with Crippen LogP contribution < -0.4 is 5.32 Å². The van der Waals surface area contributed by atoms with Gasteiger partial charge in [-0.1, -0.05) is 19.8 Å². The smallest absolute Gasteiger partial charge is 0.279 e. The summed E-state index contributed by atoms with van der Waals surface area (Å²) in [6.07, 6.45) is 4.00. The summed E-state index contributed by atoms with van der Waals surface area (Å²) in [4.78, 5) is 33.1. The van der Waals surface area contributed by atoms with Crippen molar-refractivity contribution in [1.82, 2.24) is 5.32 Å². The second-order valence-corrected chi connectivity index (χ2v) is 5.99. The summed E-state index contributed by atoms with van der Waals surface area (Å²) in [7, 11) is 0. The molecule has 1 aliphatic rings. The maximum absolute atomic E-state index is 12.5. The quantitative estimate of drug-likeness (QED) is 0.675.